The molecule has 1 saturated heterocycles. The maximum atomic E-state index is 12.9. The zero-order chi connectivity index (χ0) is 15.0. The summed E-state index contributed by atoms with van der Waals surface area (Å²) in [6.07, 6.45) is 9.03. The summed E-state index contributed by atoms with van der Waals surface area (Å²) in [5.74, 6) is 0.528. The quantitative estimate of drug-likeness (QED) is 0.368. The van der Waals surface area contributed by atoms with Crippen LogP contribution in [0.4, 0.5) is 4.39 Å². The van der Waals surface area contributed by atoms with E-state index in [0.717, 1.165) is 19.4 Å². The van der Waals surface area contributed by atoms with Gasteiger partial charge in [-0.1, -0.05) is 25.7 Å². The molecular formula is C16H26FIrNO2-2. The fourth-order valence-electron chi connectivity index (χ4n) is 2.74. The number of nitrogens with zero attached hydrogens (tertiary/aromatic N) is 1. The van der Waals surface area contributed by atoms with Crippen LogP contribution in [-0.4, -0.2) is 29.6 Å². The number of piperidine rings is 1. The van der Waals surface area contributed by atoms with Crippen molar-refractivity contribution in [1.29, 1.82) is 0 Å². The van der Waals surface area contributed by atoms with Gasteiger partial charge in [-0.05, 0) is 20.3 Å². The zero-order valence-electron chi connectivity index (χ0n) is 12.9. The van der Waals surface area contributed by atoms with Crippen LogP contribution in [0.25, 0.3) is 5.32 Å². The van der Waals surface area contributed by atoms with E-state index >= 15 is 0 Å². The first-order valence-corrected chi connectivity index (χ1v) is 7.51. The van der Waals surface area contributed by atoms with Crippen LogP contribution < -0.4 is 0 Å². The molecule has 3 nitrogen and oxygen atoms in total. The first-order valence-electron chi connectivity index (χ1n) is 7.51. The minimum atomic E-state index is -0.570. The third-order valence-electron chi connectivity index (χ3n) is 3.69. The van der Waals surface area contributed by atoms with Crippen molar-refractivity contribution in [3.8, 4) is 0 Å². The number of hydrogen-bond donors (Lipinski definition) is 1. The molecule has 1 aliphatic heterocycles. The molecule has 0 spiro atoms. The van der Waals surface area contributed by atoms with Gasteiger partial charge in [0.1, 0.15) is 0 Å². The fourth-order valence-corrected chi connectivity index (χ4v) is 2.74. The Hall–Kier alpha value is -0.251. The van der Waals surface area contributed by atoms with Gasteiger partial charge in [0.05, 0.1) is 11.9 Å². The number of aliphatic hydroxyl groups excluding tert-OH is 1. The topological polar surface area (TPSA) is 51.4 Å². The Morgan fingerprint density at radius 3 is 2.38 bits per heavy atom. The minimum absolute atomic E-state index is 0. The maximum Gasteiger partial charge on any atom is 0.155 e. The summed E-state index contributed by atoms with van der Waals surface area (Å²) >= 11 is 0. The SMILES string of the molecule is CC(=O)/C=C(/C)O.FC1C[CH-]C(C2CCCC[N-]2)CC1.[Ir]. The Kier molecular flexibility index (Phi) is 11.2. The van der Waals surface area contributed by atoms with Crippen molar-refractivity contribution in [2.75, 3.05) is 6.54 Å². The number of rotatable bonds is 2. The smallest absolute Gasteiger partial charge is 0.155 e. The number of aliphatic hydroxyl groups is 1. The maximum absolute atomic E-state index is 12.9. The average Bonchev–Trinajstić information content (AvgIpc) is 2.40. The van der Waals surface area contributed by atoms with Crippen molar-refractivity contribution in [2.24, 2.45) is 5.92 Å². The number of ketones is 1. The van der Waals surface area contributed by atoms with Crippen molar-refractivity contribution in [2.45, 2.75) is 64.6 Å². The second-order valence-corrected chi connectivity index (χ2v) is 5.68. The third-order valence-corrected chi connectivity index (χ3v) is 3.69. The van der Waals surface area contributed by atoms with E-state index in [-0.39, 0.29) is 31.6 Å². The predicted molar refractivity (Wildman–Crippen MR) is 79.5 cm³/mol. The molecule has 0 aromatic carbocycles. The number of carbonyl (C=O) groups excluding carboxylic acids is 1. The van der Waals surface area contributed by atoms with Crippen LogP contribution in [0.3, 0.4) is 0 Å². The molecule has 2 rings (SSSR count). The van der Waals surface area contributed by atoms with Crippen molar-refractivity contribution in [3.63, 3.8) is 0 Å². The number of carbonyl (C=O) groups is 1. The molecule has 1 heterocycles. The minimum Gasteiger partial charge on any atom is -0.661 e. The summed E-state index contributed by atoms with van der Waals surface area (Å²) in [6.45, 7) is 3.88. The first-order chi connectivity index (χ1) is 9.49. The van der Waals surface area contributed by atoms with E-state index in [1.807, 2.05) is 0 Å². The van der Waals surface area contributed by atoms with Crippen molar-refractivity contribution in [1.82, 2.24) is 0 Å². The molecule has 3 unspecified atom stereocenters. The van der Waals surface area contributed by atoms with E-state index in [4.69, 9.17) is 5.11 Å². The zero-order valence-corrected chi connectivity index (χ0v) is 15.2. The van der Waals surface area contributed by atoms with Crippen LogP contribution in [0.5, 0.6) is 0 Å². The Labute approximate surface area is 141 Å². The van der Waals surface area contributed by atoms with E-state index in [0.29, 0.717) is 18.4 Å². The van der Waals surface area contributed by atoms with Gasteiger partial charge in [0.15, 0.2) is 5.78 Å². The summed E-state index contributed by atoms with van der Waals surface area (Å²) in [5.41, 5.74) is 0. The molecule has 3 atom stereocenters. The molecule has 5 heteroatoms. The van der Waals surface area contributed by atoms with Gasteiger partial charge in [-0.2, -0.15) is 12.0 Å². The molecule has 1 radical (unpaired) electrons. The first kappa shape index (κ1) is 20.7. The van der Waals surface area contributed by atoms with Gasteiger partial charge >= 0.3 is 0 Å². The average molecular weight is 476 g/mol. The van der Waals surface area contributed by atoms with Gasteiger partial charge in [0.2, 0.25) is 0 Å². The Balaban J connectivity index is 0.000000436. The summed E-state index contributed by atoms with van der Waals surface area (Å²) in [4.78, 5) is 10.0. The van der Waals surface area contributed by atoms with Crippen LogP contribution in [-0.2, 0) is 24.9 Å². The van der Waals surface area contributed by atoms with Gasteiger partial charge in [0.25, 0.3) is 0 Å². The monoisotopic (exact) mass is 476 g/mol. The second kappa shape index (κ2) is 11.3. The van der Waals surface area contributed by atoms with E-state index in [9.17, 15) is 9.18 Å². The molecule has 1 aliphatic carbocycles. The van der Waals surface area contributed by atoms with Gasteiger partial charge in [0, 0.05) is 26.2 Å². The molecule has 1 N–H and O–H groups in total. The van der Waals surface area contributed by atoms with Gasteiger partial charge in [-0.25, -0.2) is 0 Å². The predicted octanol–water partition coefficient (Wildman–Crippen LogP) is 4.29. The van der Waals surface area contributed by atoms with Crippen LogP contribution in [0.2, 0.25) is 0 Å². The van der Waals surface area contributed by atoms with E-state index in [2.05, 4.69) is 11.7 Å². The molecule has 21 heavy (non-hydrogen) atoms. The number of hydrogen-bond acceptors (Lipinski definition) is 2. The third kappa shape index (κ3) is 9.38. The van der Waals surface area contributed by atoms with E-state index in [1.165, 1.54) is 39.2 Å². The van der Waals surface area contributed by atoms with Gasteiger partial charge in [-0.3, -0.25) is 9.18 Å². The van der Waals surface area contributed by atoms with E-state index < -0.39 is 6.17 Å². The fraction of sp³-hybridized carbons (Fsp3) is 0.750. The summed E-state index contributed by atoms with van der Waals surface area (Å²) < 4.78 is 12.9. The van der Waals surface area contributed by atoms with Crippen molar-refractivity contribution in [3.05, 3.63) is 23.6 Å². The van der Waals surface area contributed by atoms with Gasteiger partial charge in [-0.15, -0.1) is 13.0 Å². The molecule has 0 aromatic rings. The molecule has 2 aliphatic rings. The summed E-state index contributed by atoms with van der Waals surface area (Å²) in [7, 11) is 0. The largest absolute Gasteiger partial charge is 0.661 e. The molecular weight excluding hydrogens is 449 g/mol. The molecule has 1 saturated carbocycles. The molecule has 2 fully saturated rings. The summed E-state index contributed by atoms with van der Waals surface area (Å²) in [5, 5.41) is 13.0. The second-order valence-electron chi connectivity index (χ2n) is 5.68. The molecule has 0 bridgehead atoms. The number of halogens is 1. The van der Waals surface area contributed by atoms with Gasteiger partial charge < -0.3 is 16.8 Å². The number of alkyl halides is 1. The van der Waals surface area contributed by atoms with Crippen molar-refractivity contribution < 1.29 is 34.4 Å². The van der Waals surface area contributed by atoms with Crippen LogP contribution >= 0.6 is 0 Å². The normalized spacial score (nSPS) is 29.7. The van der Waals surface area contributed by atoms with Crippen LogP contribution in [0.1, 0.15) is 52.4 Å². The Bertz CT molecular complexity index is 318. The van der Waals surface area contributed by atoms with Crippen LogP contribution in [0, 0.1) is 12.3 Å². The Morgan fingerprint density at radius 1 is 1.29 bits per heavy atom. The van der Waals surface area contributed by atoms with Crippen LogP contribution in [0.15, 0.2) is 11.8 Å². The van der Waals surface area contributed by atoms with E-state index in [1.54, 1.807) is 0 Å². The molecule has 0 aromatic heterocycles. The van der Waals surface area contributed by atoms with Crippen molar-refractivity contribution >= 4 is 5.78 Å². The Morgan fingerprint density at radius 2 is 2.00 bits per heavy atom. The standard InChI is InChI=1S/C11H18FN.C5H8O2.Ir/c12-10-6-4-9(5-7-10)11-3-1-2-8-13-11;1-4(6)3-5(2)7;/h4,9-11H,1-3,5-8H2;3,6H,1-2H3;/q-2;;/b;4-3-;. The summed E-state index contributed by atoms with van der Waals surface area (Å²) in [6, 6.07) is 0.529. The molecule has 0 amide bonds. The number of allylic oxidation sites excluding steroid dienone is 2. The molecule has 125 valence electrons.